The van der Waals surface area contributed by atoms with E-state index in [1.54, 1.807) is 7.11 Å². The molecule has 0 atom stereocenters. The Bertz CT molecular complexity index is 1330. The van der Waals surface area contributed by atoms with Crippen molar-refractivity contribution in [2.75, 3.05) is 26.7 Å². The molecule has 1 aliphatic rings. The highest BCUT2D eigenvalue weighted by Crippen LogP contribution is 2.32. The molecular weight excluding hydrogens is 472 g/mol. The number of hydrogen-bond donors (Lipinski definition) is 0. The number of halogens is 1. The Balaban J connectivity index is 1.23. The summed E-state index contributed by atoms with van der Waals surface area (Å²) in [6.45, 7) is 3.82. The number of methoxy groups -OCH3 is 1. The number of aryl methyl sites for hydroxylation is 1. The van der Waals surface area contributed by atoms with Gasteiger partial charge in [0.1, 0.15) is 17.6 Å². The fraction of sp³-hybridized carbons (Fsp3) is 0.300. The second-order valence-corrected chi connectivity index (χ2v) is 9.64. The van der Waals surface area contributed by atoms with Crippen LogP contribution in [0.2, 0.25) is 5.02 Å². The number of ketones is 1. The number of piperidine rings is 1. The van der Waals surface area contributed by atoms with Gasteiger partial charge in [-0.3, -0.25) is 4.79 Å². The summed E-state index contributed by atoms with van der Waals surface area (Å²) in [5.74, 6) is 1.59. The fourth-order valence-electron chi connectivity index (χ4n) is 5.03. The average molecular weight is 503 g/mol. The van der Waals surface area contributed by atoms with Crippen LogP contribution in [0.1, 0.15) is 35.2 Å². The first-order valence-electron chi connectivity index (χ1n) is 12.5. The number of nitrogens with zero attached hydrogens (tertiary/aromatic N) is 2. The topological polar surface area (TPSA) is 43.7 Å². The first-order chi connectivity index (χ1) is 17.6. The van der Waals surface area contributed by atoms with Crippen molar-refractivity contribution in [2.24, 2.45) is 0 Å². The van der Waals surface area contributed by atoms with Gasteiger partial charge >= 0.3 is 0 Å². The zero-order chi connectivity index (χ0) is 24.9. The Kier molecular flexibility index (Phi) is 7.59. The van der Waals surface area contributed by atoms with Crippen molar-refractivity contribution in [1.29, 1.82) is 0 Å². The highest BCUT2D eigenvalue weighted by atomic mass is 35.5. The number of carbonyl (C=O) groups is 1. The SMILES string of the molecule is COc1cccc2c(C(=O)c3ccccc3)cn(CCCN3CCC(Oc4ccccc4Cl)CC3)c12. The molecule has 1 fully saturated rings. The molecular formula is C30H31ClN2O3. The Hall–Kier alpha value is -3.28. The zero-order valence-electron chi connectivity index (χ0n) is 20.5. The maximum Gasteiger partial charge on any atom is 0.195 e. The summed E-state index contributed by atoms with van der Waals surface area (Å²) in [6.07, 6.45) is 5.15. The highest BCUT2D eigenvalue weighted by molar-refractivity contribution is 6.32. The van der Waals surface area contributed by atoms with E-state index in [2.05, 4.69) is 9.47 Å². The predicted octanol–water partition coefficient (Wildman–Crippen LogP) is 6.47. The van der Waals surface area contributed by atoms with Gasteiger partial charge in [0, 0.05) is 42.3 Å². The molecule has 0 radical (unpaired) electrons. The number of likely N-dealkylation sites (tertiary alicyclic amines) is 1. The van der Waals surface area contributed by atoms with Gasteiger partial charge in [-0.1, -0.05) is 66.2 Å². The van der Waals surface area contributed by atoms with Gasteiger partial charge in [0.15, 0.2) is 5.78 Å². The zero-order valence-corrected chi connectivity index (χ0v) is 21.3. The van der Waals surface area contributed by atoms with E-state index >= 15 is 0 Å². The first kappa shape index (κ1) is 24.4. The fourth-order valence-corrected chi connectivity index (χ4v) is 5.21. The van der Waals surface area contributed by atoms with E-state index < -0.39 is 0 Å². The number of fused-ring (bicyclic) bond motifs is 1. The minimum atomic E-state index is 0.0354. The maximum absolute atomic E-state index is 13.3. The third kappa shape index (κ3) is 5.28. The first-order valence-corrected chi connectivity index (χ1v) is 12.9. The van der Waals surface area contributed by atoms with Crippen LogP contribution in [0.15, 0.2) is 79.0 Å². The molecule has 5 rings (SSSR count). The molecule has 0 unspecified atom stereocenters. The quantitative estimate of drug-likeness (QED) is 0.246. The van der Waals surface area contributed by atoms with Crippen molar-refractivity contribution in [3.05, 3.63) is 95.1 Å². The largest absolute Gasteiger partial charge is 0.495 e. The highest BCUT2D eigenvalue weighted by Gasteiger charge is 2.22. The molecule has 5 nitrogen and oxygen atoms in total. The standard InChI is InChI=1S/C30H31ClN2O3/c1-35-28-14-7-11-24-25(30(34)22-9-3-2-4-10-22)21-33(29(24)28)18-8-17-32-19-15-23(16-20-32)36-27-13-6-5-12-26(27)31/h2-7,9-14,21,23H,8,15-20H2,1H3. The Labute approximate surface area is 217 Å². The monoisotopic (exact) mass is 502 g/mol. The number of hydrogen-bond acceptors (Lipinski definition) is 4. The van der Waals surface area contributed by atoms with Crippen molar-refractivity contribution in [3.63, 3.8) is 0 Å². The van der Waals surface area contributed by atoms with Crippen LogP contribution in [0.5, 0.6) is 11.5 Å². The lowest BCUT2D eigenvalue weighted by molar-refractivity contribution is 0.0993. The molecule has 0 aliphatic carbocycles. The van der Waals surface area contributed by atoms with E-state index in [4.69, 9.17) is 21.1 Å². The number of rotatable bonds is 9. The van der Waals surface area contributed by atoms with Gasteiger partial charge in [0.25, 0.3) is 0 Å². The summed E-state index contributed by atoms with van der Waals surface area (Å²) in [6, 6.07) is 23.0. The van der Waals surface area contributed by atoms with Crippen LogP contribution in [0.3, 0.4) is 0 Å². The van der Waals surface area contributed by atoms with E-state index in [1.165, 1.54) is 0 Å². The summed E-state index contributed by atoms with van der Waals surface area (Å²) >= 11 is 6.25. The van der Waals surface area contributed by atoms with Crippen molar-refractivity contribution in [1.82, 2.24) is 9.47 Å². The van der Waals surface area contributed by atoms with E-state index in [0.29, 0.717) is 16.1 Å². The molecule has 0 amide bonds. The van der Waals surface area contributed by atoms with Crippen LogP contribution in [0, 0.1) is 0 Å². The molecule has 0 bridgehead atoms. The van der Waals surface area contributed by atoms with Crippen LogP contribution < -0.4 is 9.47 Å². The van der Waals surface area contributed by atoms with E-state index in [9.17, 15) is 4.79 Å². The molecule has 0 N–H and O–H groups in total. The van der Waals surface area contributed by atoms with Crippen LogP contribution >= 0.6 is 11.6 Å². The Morgan fingerprint density at radius 2 is 1.64 bits per heavy atom. The maximum atomic E-state index is 13.3. The summed E-state index contributed by atoms with van der Waals surface area (Å²) in [5.41, 5.74) is 2.39. The number of aromatic nitrogens is 1. The van der Waals surface area contributed by atoms with Crippen LogP contribution in [-0.2, 0) is 6.54 Å². The van der Waals surface area contributed by atoms with Gasteiger partial charge in [0.05, 0.1) is 17.6 Å². The van der Waals surface area contributed by atoms with Crippen LogP contribution in [0.25, 0.3) is 10.9 Å². The van der Waals surface area contributed by atoms with E-state index in [1.807, 2.05) is 79.0 Å². The lowest BCUT2D eigenvalue weighted by atomic mass is 10.0. The van der Waals surface area contributed by atoms with Gasteiger partial charge in [-0.25, -0.2) is 0 Å². The predicted molar refractivity (Wildman–Crippen MR) is 145 cm³/mol. The van der Waals surface area contributed by atoms with Crippen molar-refractivity contribution >= 4 is 28.3 Å². The normalized spacial score (nSPS) is 14.7. The molecule has 6 heteroatoms. The molecule has 1 saturated heterocycles. The second-order valence-electron chi connectivity index (χ2n) is 9.23. The Morgan fingerprint density at radius 1 is 0.917 bits per heavy atom. The second kappa shape index (κ2) is 11.2. The van der Waals surface area contributed by atoms with E-state index in [-0.39, 0.29) is 11.9 Å². The molecule has 3 aromatic carbocycles. The van der Waals surface area contributed by atoms with Crippen molar-refractivity contribution in [2.45, 2.75) is 31.9 Å². The van der Waals surface area contributed by atoms with E-state index in [0.717, 1.165) is 67.8 Å². The van der Waals surface area contributed by atoms with Crippen LogP contribution in [-0.4, -0.2) is 48.1 Å². The van der Waals surface area contributed by atoms with Gasteiger partial charge in [0.2, 0.25) is 0 Å². The number of benzene rings is 3. The van der Waals surface area contributed by atoms with Crippen molar-refractivity contribution in [3.8, 4) is 11.5 Å². The minimum absolute atomic E-state index is 0.0354. The molecule has 2 heterocycles. The van der Waals surface area contributed by atoms with Gasteiger partial charge in [-0.05, 0) is 44.0 Å². The average Bonchev–Trinajstić information content (AvgIpc) is 3.30. The number of para-hydroxylation sites is 2. The van der Waals surface area contributed by atoms with Gasteiger partial charge in [-0.2, -0.15) is 0 Å². The number of carbonyl (C=O) groups excluding carboxylic acids is 1. The summed E-state index contributed by atoms with van der Waals surface area (Å²) in [4.78, 5) is 15.8. The Morgan fingerprint density at radius 3 is 2.39 bits per heavy atom. The third-order valence-electron chi connectivity index (χ3n) is 6.90. The smallest absolute Gasteiger partial charge is 0.195 e. The van der Waals surface area contributed by atoms with Crippen LogP contribution in [0.4, 0.5) is 0 Å². The lowest BCUT2D eigenvalue weighted by Crippen LogP contribution is -2.39. The number of ether oxygens (including phenoxy) is 2. The molecule has 0 saturated carbocycles. The molecule has 4 aromatic rings. The molecule has 36 heavy (non-hydrogen) atoms. The molecule has 1 aromatic heterocycles. The summed E-state index contributed by atoms with van der Waals surface area (Å²) < 4.78 is 14.0. The molecule has 1 aliphatic heterocycles. The summed E-state index contributed by atoms with van der Waals surface area (Å²) in [7, 11) is 1.68. The molecule has 0 spiro atoms. The van der Waals surface area contributed by atoms with Gasteiger partial charge in [-0.15, -0.1) is 0 Å². The van der Waals surface area contributed by atoms with Gasteiger partial charge < -0.3 is 18.9 Å². The molecule has 186 valence electrons. The van der Waals surface area contributed by atoms with Crippen molar-refractivity contribution < 1.29 is 14.3 Å². The minimum Gasteiger partial charge on any atom is -0.495 e. The lowest BCUT2D eigenvalue weighted by Gasteiger charge is -2.32. The summed E-state index contributed by atoms with van der Waals surface area (Å²) in [5, 5.41) is 1.60. The third-order valence-corrected chi connectivity index (χ3v) is 7.21.